The van der Waals surface area contributed by atoms with Gasteiger partial charge in [-0.05, 0) is 33.3 Å². The molecular formula is C14H21NOS. The second-order valence-corrected chi connectivity index (χ2v) is 6.51. The highest BCUT2D eigenvalue weighted by Gasteiger charge is 2.19. The predicted octanol–water partition coefficient (Wildman–Crippen LogP) is 3.22. The Bertz CT molecular complexity index is 356. The van der Waals surface area contributed by atoms with E-state index in [1.54, 1.807) is 11.8 Å². The number of benzene rings is 1. The molecule has 0 saturated heterocycles. The van der Waals surface area contributed by atoms with Crippen LogP contribution >= 0.6 is 11.8 Å². The monoisotopic (exact) mass is 251 g/mol. The van der Waals surface area contributed by atoms with E-state index in [2.05, 4.69) is 17.4 Å². The second kappa shape index (κ2) is 6.10. The molecule has 0 heterocycles. The second-order valence-electron chi connectivity index (χ2n) is 5.18. The fourth-order valence-corrected chi connectivity index (χ4v) is 2.19. The number of hydrogen-bond donors (Lipinski definition) is 1. The van der Waals surface area contributed by atoms with Crippen LogP contribution < -0.4 is 5.32 Å². The molecule has 1 aromatic carbocycles. The van der Waals surface area contributed by atoms with Gasteiger partial charge in [0.05, 0.1) is 5.25 Å². The number of rotatable bonds is 4. The van der Waals surface area contributed by atoms with Gasteiger partial charge in [0.25, 0.3) is 0 Å². The molecule has 1 atom stereocenters. The van der Waals surface area contributed by atoms with Crippen molar-refractivity contribution in [3.05, 3.63) is 35.9 Å². The van der Waals surface area contributed by atoms with E-state index in [0.717, 1.165) is 5.75 Å². The first kappa shape index (κ1) is 14.1. The Kier molecular flexibility index (Phi) is 5.06. The summed E-state index contributed by atoms with van der Waals surface area (Å²) in [4.78, 5) is 11.8. The number of carbonyl (C=O) groups excluding carboxylic acids is 1. The molecule has 1 rings (SSSR count). The van der Waals surface area contributed by atoms with Gasteiger partial charge < -0.3 is 5.32 Å². The first-order chi connectivity index (χ1) is 7.88. The highest BCUT2D eigenvalue weighted by atomic mass is 32.2. The number of amides is 1. The third kappa shape index (κ3) is 5.78. The minimum atomic E-state index is -0.154. The van der Waals surface area contributed by atoms with Crippen molar-refractivity contribution in [1.29, 1.82) is 0 Å². The van der Waals surface area contributed by atoms with Crippen molar-refractivity contribution in [2.45, 2.75) is 44.2 Å². The van der Waals surface area contributed by atoms with Crippen LogP contribution in [0.2, 0.25) is 0 Å². The summed E-state index contributed by atoms with van der Waals surface area (Å²) in [6.45, 7) is 7.95. The summed E-state index contributed by atoms with van der Waals surface area (Å²) in [6.07, 6.45) is 0. The van der Waals surface area contributed by atoms with E-state index in [4.69, 9.17) is 0 Å². The smallest absolute Gasteiger partial charge is 0.233 e. The number of carbonyl (C=O) groups is 1. The van der Waals surface area contributed by atoms with E-state index in [0.29, 0.717) is 0 Å². The Morgan fingerprint density at radius 2 is 1.88 bits per heavy atom. The maximum Gasteiger partial charge on any atom is 0.233 e. The number of hydrogen-bond acceptors (Lipinski definition) is 2. The number of nitrogens with one attached hydrogen (secondary N) is 1. The van der Waals surface area contributed by atoms with Crippen molar-refractivity contribution < 1.29 is 4.79 Å². The quantitative estimate of drug-likeness (QED) is 0.890. The summed E-state index contributed by atoms with van der Waals surface area (Å²) in [7, 11) is 0. The molecular weight excluding hydrogens is 230 g/mol. The lowest BCUT2D eigenvalue weighted by Gasteiger charge is -2.23. The van der Waals surface area contributed by atoms with Gasteiger partial charge in [-0.3, -0.25) is 4.79 Å². The van der Waals surface area contributed by atoms with Gasteiger partial charge in [-0.2, -0.15) is 0 Å². The van der Waals surface area contributed by atoms with Crippen LogP contribution in [0.25, 0.3) is 0 Å². The van der Waals surface area contributed by atoms with Gasteiger partial charge in [-0.1, -0.05) is 30.3 Å². The summed E-state index contributed by atoms with van der Waals surface area (Å²) in [6, 6.07) is 10.2. The van der Waals surface area contributed by atoms with Crippen molar-refractivity contribution >= 4 is 17.7 Å². The van der Waals surface area contributed by atoms with Crippen LogP contribution in [0.5, 0.6) is 0 Å². The lowest BCUT2D eigenvalue weighted by atomic mass is 10.1. The lowest BCUT2D eigenvalue weighted by Crippen LogP contribution is -2.44. The average Bonchev–Trinajstić information content (AvgIpc) is 2.25. The van der Waals surface area contributed by atoms with Crippen molar-refractivity contribution in [2.75, 3.05) is 0 Å². The van der Waals surface area contributed by atoms with Gasteiger partial charge in [0.1, 0.15) is 0 Å². The van der Waals surface area contributed by atoms with Gasteiger partial charge in [-0.25, -0.2) is 0 Å². The number of thioether (sulfide) groups is 1. The van der Waals surface area contributed by atoms with Crippen LogP contribution in [-0.2, 0) is 10.5 Å². The van der Waals surface area contributed by atoms with Crippen LogP contribution in [0.3, 0.4) is 0 Å². The molecule has 1 N–H and O–H groups in total. The van der Waals surface area contributed by atoms with Crippen molar-refractivity contribution in [1.82, 2.24) is 5.32 Å². The van der Waals surface area contributed by atoms with Gasteiger partial charge in [0.2, 0.25) is 5.91 Å². The van der Waals surface area contributed by atoms with E-state index in [-0.39, 0.29) is 16.7 Å². The Labute approximate surface area is 108 Å². The van der Waals surface area contributed by atoms with Crippen molar-refractivity contribution in [3.63, 3.8) is 0 Å². The van der Waals surface area contributed by atoms with Gasteiger partial charge >= 0.3 is 0 Å². The zero-order chi connectivity index (χ0) is 12.9. The molecule has 0 aliphatic rings. The van der Waals surface area contributed by atoms with E-state index in [1.807, 2.05) is 45.9 Å². The van der Waals surface area contributed by atoms with Crippen LogP contribution in [0.15, 0.2) is 30.3 Å². The normalized spacial score (nSPS) is 13.2. The third-order valence-corrected chi connectivity index (χ3v) is 3.42. The molecule has 0 aliphatic heterocycles. The molecule has 94 valence electrons. The molecule has 2 nitrogen and oxygen atoms in total. The molecule has 0 bridgehead atoms. The lowest BCUT2D eigenvalue weighted by molar-refractivity contribution is -0.121. The molecule has 1 aromatic rings. The van der Waals surface area contributed by atoms with Gasteiger partial charge in [0, 0.05) is 11.3 Å². The molecule has 0 aromatic heterocycles. The fourth-order valence-electron chi connectivity index (χ4n) is 1.34. The molecule has 17 heavy (non-hydrogen) atoms. The maximum absolute atomic E-state index is 11.8. The highest BCUT2D eigenvalue weighted by Crippen LogP contribution is 2.18. The van der Waals surface area contributed by atoms with Crippen molar-refractivity contribution in [2.24, 2.45) is 0 Å². The zero-order valence-corrected chi connectivity index (χ0v) is 11.8. The van der Waals surface area contributed by atoms with Crippen LogP contribution in [-0.4, -0.2) is 16.7 Å². The summed E-state index contributed by atoms with van der Waals surface area (Å²) < 4.78 is 0. The van der Waals surface area contributed by atoms with Crippen molar-refractivity contribution in [3.8, 4) is 0 Å². The largest absolute Gasteiger partial charge is 0.351 e. The maximum atomic E-state index is 11.8. The van der Waals surface area contributed by atoms with Crippen LogP contribution in [0.1, 0.15) is 33.3 Å². The highest BCUT2D eigenvalue weighted by molar-refractivity contribution is 7.99. The minimum absolute atomic E-state index is 0.0190. The first-order valence-electron chi connectivity index (χ1n) is 5.86. The Balaban J connectivity index is 2.40. The van der Waals surface area contributed by atoms with Crippen LogP contribution in [0.4, 0.5) is 0 Å². The summed E-state index contributed by atoms with van der Waals surface area (Å²) in [5.74, 6) is 0.984. The topological polar surface area (TPSA) is 29.1 Å². The van der Waals surface area contributed by atoms with E-state index < -0.39 is 0 Å². The zero-order valence-electron chi connectivity index (χ0n) is 11.0. The standard InChI is InChI=1S/C14H21NOS/c1-11(13(16)15-14(2,3)4)17-10-12-8-6-5-7-9-12/h5-9,11H,10H2,1-4H3,(H,15,16)/t11-/m1/s1. The SMILES string of the molecule is C[C@@H](SCc1ccccc1)C(=O)NC(C)(C)C. The molecule has 0 radical (unpaired) electrons. The van der Waals surface area contributed by atoms with Gasteiger partial charge in [-0.15, -0.1) is 11.8 Å². The summed E-state index contributed by atoms with van der Waals surface area (Å²) in [5, 5.41) is 2.98. The molecule has 3 heteroatoms. The Morgan fingerprint density at radius 3 is 2.41 bits per heavy atom. The molecule has 1 amide bonds. The summed E-state index contributed by atoms with van der Waals surface area (Å²) >= 11 is 1.67. The molecule has 0 saturated carbocycles. The first-order valence-corrected chi connectivity index (χ1v) is 6.91. The van der Waals surface area contributed by atoms with Gasteiger partial charge in [0.15, 0.2) is 0 Å². The Morgan fingerprint density at radius 1 is 1.29 bits per heavy atom. The molecule has 0 spiro atoms. The predicted molar refractivity (Wildman–Crippen MR) is 75.1 cm³/mol. The minimum Gasteiger partial charge on any atom is -0.351 e. The molecule has 0 unspecified atom stereocenters. The molecule has 0 fully saturated rings. The van der Waals surface area contributed by atoms with E-state index >= 15 is 0 Å². The van der Waals surface area contributed by atoms with E-state index in [9.17, 15) is 4.79 Å². The Hall–Kier alpha value is -0.960. The third-order valence-electron chi connectivity index (χ3n) is 2.21. The van der Waals surface area contributed by atoms with E-state index in [1.165, 1.54) is 5.56 Å². The average molecular weight is 251 g/mol. The van der Waals surface area contributed by atoms with Crippen LogP contribution in [0, 0.1) is 0 Å². The fraction of sp³-hybridized carbons (Fsp3) is 0.500. The summed E-state index contributed by atoms with van der Waals surface area (Å²) in [5.41, 5.74) is 1.10. The molecule has 0 aliphatic carbocycles.